The van der Waals surface area contributed by atoms with E-state index in [1.54, 1.807) is 5.32 Å². The Kier molecular flexibility index (Phi) is 7.77. The van der Waals surface area contributed by atoms with Crippen molar-refractivity contribution in [2.24, 2.45) is 0 Å². The molecule has 1 aliphatic rings. The van der Waals surface area contributed by atoms with Gasteiger partial charge in [0.25, 0.3) is 0 Å². The van der Waals surface area contributed by atoms with Gasteiger partial charge in [-0.25, -0.2) is 4.79 Å². The van der Waals surface area contributed by atoms with Crippen molar-refractivity contribution in [3.05, 3.63) is 59.7 Å². The number of rotatable bonds is 9. The number of aliphatic carboxylic acids is 1. The predicted molar refractivity (Wildman–Crippen MR) is 114 cm³/mol. The smallest absolute Gasteiger partial charge is 0.409 e. The number of nitrogens with one attached hydrogen (secondary N) is 1. The number of hydrogen-bond acceptors (Lipinski definition) is 5. The second-order valence-corrected chi connectivity index (χ2v) is 7.70. The first-order valence-corrected chi connectivity index (χ1v) is 10.4. The van der Waals surface area contributed by atoms with E-state index >= 15 is 0 Å². The third kappa shape index (κ3) is 5.84. The van der Waals surface area contributed by atoms with E-state index in [1.807, 2.05) is 48.5 Å². The molecule has 0 aromatic heterocycles. The van der Waals surface area contributed by atoms with Crippen LogP contribution in [-0.2, 0) is 14.3 Å². The topological polar surface area (TPSA) is 116 Å². The van der Waals surface area contributed by atoms with Gasteiger partial charge in [-0.2, -0.15) is 13.2 Å². The van der Waals surface area contributed by atoms with Crippen LogP contribution in [0.25, 0.3) is 11.1 Å². The zero-order valence-electron chi connectivity index (χ0n) is 17.9. The minimum Gasteiger partial charge on any atom is -0.480 e. The second kappa shape index (κ2) is 10.6. The minimum absolute atomic E-state index is 0.214. The van der Waals surface area contributed by atoms with Crippen LogP contribution in [0.2, 0.25) is 0 Å². The van der Waals surface area contributed by atoms with Gasteiger partial charge in [0.2, 0.25) is 5.91 Å². The SMILES string of the molecule is O=C(O)CN(CCO)C(=O)CC(NC(=O)OCC1c2ccccc2-c2ccccc21)C(F)(F)F. The molecule has 3 rings (SSSR count). The number of ether oxygens (including phenoxy) is 1. The Hall–Kier alpha value is -3.60. The molecular weight excluding hydrogens is 457 g/mol. The summed E-state index contributed by atoms with van der Waals surface area (Å²) in [4.78, 5) is 35.9. The first kappa shape index (κ1) is 25.0. The van der Waals surface area contributed by atoms with Crippen LogP contribution in [-0.4, -0.2) is 71.6 Å². The highest BCUT2D eigenvalue weighted by atomic mass is 19.4. The number of alkyl halides is 3. The van der Waals surface area contributed by atoms with Crippen molar-refractivity contribution < 1.29 is 42.5 Å². The summed E-state index contributed by atoms with van der Waals surface area (Å²) in [6.07, 6.45) is -7.58. The van der Waals surface area contributed by atoms with Crippen LogP contribution in [0.15, 0.2) is 48.5 Å². The fourth-order valence-electron chi connectivity index (χ4n) is 3.91. The molecule has 182 valence electrons. The van der Waals surface area contributed by atoms with Crippen molar-refractivity contribution in [1.82, 2.24) is 10.2 Å². The number of carboxylic acid groups (broad SMARTS) is 1. The first-order chi connectivity index (χ1) is 16.1. The lowest BCUT2D eigenvalue weighted by Crippen LogP contribution is -2.49. The number of aliphatic hydroxyl groups excluding tert-OH is 1. The molecule has 0 saturated heterocycles. The fraction of sp³-hybridized carbons (Fsp3) is 0.348. The minimum atomic E-state index is -4.99. The summed E-state index contributed by atoms with van der Waals surface area (Å²) >= 11 is 0. The standard InChI is InChI=1S/C23H23F3N2O6/c24-23(25,26)19(11-20(30)28(9-10-29)12-21(31)32)27-22(33)34-13-18-16-7-3-1-5-14(16)15-6-2-4-8-17(15)18/h1-8,18-19,29H,9-13H2,(H,27,33)(H,31,32). The van der Waals surface area contributed by atoms with Crippen molar-refractivity contribution in [3.63, 3.8) is 0 Å². The Morgan fingerprint density at radius 3 is 2.09 bits per heavy atom. The molecule has 0 bridgehead atoms. The summed E-state index contributed by atoms with van der Waals surface area (Å²) in [6, 6.07) is 12.3. The molecule has 34 heavy (non-hydrogen) atoms. The first-order valence-electron chi connectivity index (χ1n) is 10.4. The average Bonchev–Trinajstić information content (AvgIpc) is 3.10. The molecule has 3 N–H and O–H groups in total. The molecule has 11 heteroatoms. The zero-order chi connectivity index (χ0) is 24.9. The zero-order valence-corrected chi connectivity index (χ0v) is 17.9. The third-order valence-corrected chi connectivity index (χ3v) is 5.46. The third-order valence-electron chi connectivity index (χ3n) is 5.46. The normalized spacial score (nSPS) is 13.5. The van der Waals surface area contributed by atoms with Gasteiger partial charge in [-0.05, 0) is 22.3 Å². The molecule has 2 aromatic carbocycles. The number of benzene rings is 2. The second-order valence-electron chi connectivity index (χ2n) is 7.70. The Bertz CT molecular complexity index is 1010. The van der Waals surface area contributed by atoms with E-state index in [-0.39, 0.29) is 12.5 Å². The van der Waals surface area contributed by atoms with Crippen LogP contribution in [0.1, 0.15) is 23.5 Å². The monoisotopic (exact) mass is 480 g/mol. The number of amides is 2. The van der Waals surface area contributed by atoms with Gasteiger partial charge in [0.15, 0.2) is 0 Å². The van der Waals surface area contributed by atoms with Gasteiger partial charge in [0.1, 0.15) is 19.2 Å². The summed E-state index contributed by atoms with van der Waals surface area (Å²) in [5, 5.41) is 19.4. The molecule has 0 heterocycles. The molecule has 0 radical (unpaired) electrons. The van der Waals surface area contributed by atoms with E-state index in [4.69, 9.17) is 14.9 Å². The van der Waals surface area contributed by atoms with Crippen LogP contribution in [0, 0.1) is 0 Å². The lowest BCUT2D eigenvalue weighted by atomic mass is 9.98. The highest BCUT2D eigenvalue weighted by Gasteiger charge is 2.43. The van der Waals surface area contributed by atoms with Gasteiger partial charge in [-0.3, -0.25) is 9.59 Å². The molecule has 0 fully saturated rings. The van der Waals surface area contributed by atoms with Gasteiger partial charge in [0.05, 0.1) is 13.0 Å². The average molecular weight is 480 g/mol. The lowest BCUT2D eigenvalue weighted by Gasteiger charge is -2.25. The summed E-state index contributed by atoms with van der Waals surface area (Å²) in [7, 11) is 0. The van der Waals surface area contributed by atoms with E-state index in [9.17, 15) is 27.6 Å². The number of alkyl carbamates (subject to hydrolysis) is 1. The maximum absolute atomic E-state index is 13.5. The van der Waals surface area contributed by atoms with Crippen molar-refractivity contribution >= 4 is 18.0 Å². The van der Waals surface area contributed by atoms with Crippen LogP contribution in [0.4, 0.5) is 18.0 Å². The number of aliphatic hydroxyl groups is 1. The van der Waals surface area contributed by atoms with Gasteiger partial charge in [-0.15, -0.1) is 0 Å². The van der Waals surface area contributed by atoms with E-state index in [1.165, 1.54) is 0 Å². The van der Waals surface area contributed by atoms with Crippen molar-refractivity contribution in [2.45, 2.75) is 24.6 Å². The van der Waals surface area contributed by atoms with Gasteiger partial charge in [0, 0.05) is 12.5 Å². The number of carboxylic acids is 1. The van der Waals surface area contributed by atoms with Crippen LogP contribution >= 0.6 is 0 Å². The molecule has 0 saturated carbocycles. The molecule has 0 aliphatic heterocycles. The van der Waals surface area contributed by atoms with Gasteiger partial charge < -0.3 is 25.2 Å². The number of carbonyl (C=O) groups excluding carboxylic acids is 2. The Balaban J connectivity index is 1.67. The molecule has 8 nitrogen and oxygen atoms in total. The number of hydrogen-bond donors (Lipinski definition) is 3. The largest absolute Gasteiger partial charge is 0.480 e. The number of nitrogens with zero attached hydrogens (tertiary/aromatic N) is 1. The van der Waals surface area contributed by atoms with Crippen molar-refractivity contribution in [3.8, 4) is 11.1 Å². The summed E-state index contributed by atoms with van der Waals surface area (Å²) in [6.45, 7) is -2.18. The van der Waals surface area contributed by atoms with Gasteiger partial charge in [-0.1, -0.05) is 48.5 Å². The van der Waals surface area contributed by atoms with Crippen LogP contribution in [0.5, 0.6) is 0 Å². The molecule has 1 aliphatic carbocycles. The quantitative estimate of drug-likeness (QED) is 0.508. The van der Waals surface area contributed by atoms with E-state index in [0.717, 1.165) is 22.3 Å². The predicted octanol–water partition coefficient (Wildman–Crippen LogP) is 2.75. The molecule has 2 aromatic rings. The summed E-state index contributed by atoms with van der Waals surface area (Å²) in [5.41, 5.74) is 3.67. The molecule has 2 amide bonds. The fourth-order valence-corrected chi connectivity index (χ4v) is 3.91. The van der Waals surface area contributed by atoms with Gasteiger partial charge >= 0.3 is 18.2 Å². The lowest BCUT2D eigenvalue weighted by molar-refractivity contribution is -0.164. The van der Waals surface area contributed by atoms with Crippen molar-refractivity contribution in [2.75, 3.05) is 26.3 Å². The van der Waals surface area contributed by atoms with E-state index in [0.29, 0.717) is 4.90 Å². The number of carbonyl (C=O) groups is 3. The van der Waals surface area contributed by atoms with Crippen LogP contribution in [0.3, 0.4) is 0 Å². The summed E-state index contributed by atoms with van der Waals surface area (Å²) in [5.74, 6) is -2.99. The Morgan fingerprint density at radius 1 is 1.03 bits per heavy atom. The maximum Gasteiger partial charge on any atom is 0.409 e. The van der Waals surface area contributed by atoms with E-state index in [2.05, 4.69) is 0 Å². The number of halogens is 3. The number of fused-ring (bicyclic) bond motifs is 3. The summed E-state index contributed by atoms with van der Waals surface area (Å²) < 4.78 is 45.6. The highest BCUT2D eigenvalue weighted by Crippen LogP contribution is 2.44. The van der Waals surface area contributed by atoms with Crippen LogP contribution < -0.4 is 5.32 Å². The molecule has 1 unspecified atom stereocenters. The molecule has 1 atom stereocenters. The highest BCUT2D eigenvalue weighted by molar-refractivity contribution is 5.82. The Morgan fingerprint density at radius 2 is 1.59 bits per heavy atom. The van der Waals surface area contributed by atoms with Crippen molar-refractivity contribution in [1.29, 1.82) is 0 Å². The Labute approximate surface area is 192 Å². The maximum atomic E-state index is 13.5. The van der Waals surface area contributed by atoms with E-state index < -0.39 is 56.3 Å². The molecule has 0 spiro atoms. The molecular formula is C23H23F3N2O6.